The van der Waals surface area contributed by atoms with Crippen LogP contribution in [0.5, 0.6) is 0 Å². The summed E-state index contributed by atoms with van der Waals surface area (Å²) < 4.78 is 0. The maximum absolute atomic E-state index is 12.2. The van der Waals surface area contributed by atoms with E-state index in [4.69, 9.17) is 11.6 Å². The van der Waals surface area contributed by atoms with E-state index < -0.39 is 0 Å². The van der Waals surface area contributed by atoms with E-state index in [0.29, 0.717) is 16.6 Å². The molecule has 0 aliphatic heterocycles. The van der Waals surface area contributed by atoms with Crippen LogP contribution in [0.2, 0.25) is 5.02 Å². The molecule has 2 aromatic rings. The Kier molecular flexibility index (Phi) is 7.43. The van der Waals surface area contributed by atoms with Gasteiger partial charge in [-0.2, -0.15) is 0 Å². The van der Waals surface area contributed by atoms with Crippen molar-refractivity contribution in [2.75, 3.05) is 10.6 Å². The van der Waals surface area contributed by atoms with E-state index in [9.17, 15) is 9.59 Å². The second kappa shape index (κ2) is 9.56. The Balaban J connectivity index is 1.81. The van der Waals surface area contributed by atoms with Crippen molar-refractivity contribution < 1.29 is 9.59 Å². The summed E-state index contributed by atoms with van der Waals surface area (Å²) in [5.74, 6) is 0.167. The highest BCUT2D eigenvalue weighted by Gasteiger charge is 2.14. The van der Waals surface area contributed by atoms with Crippen LogP contribution in [0.25, 0.3) is 0 Å². The van der Waals surface area contributed by atoms with Crippen molar-refractivity contribution in [1.82, 2.24) is 0 Å². The molecule has 0 saturated carbocycles. The molecule has 0 aliphatic carbocycles. The number of halogens is 1. The molecule has 0 aromatic heterocycles. The van der Waals surface area contributed by atoms with E-state index in [1.807, 2.05) is 50.2 Å². The molecule has 0 bridgehead atoms. The molecule has 1 atom stereocenters. The van der Waals surface area contributed by atoms with Gasteiger partial charge in [0.25, 0.3) is 0 Å². The van der Waals surface area contributed by atoms with E-state index in [1.165, 1.54) is 5.56 Å². The van der Waals surface area contributed by atoms with Crippen LogP contribution in [-0.2, 0) is 9.59 Å². The molecule has 0 radical (unpaired) electrons. The van der Waals surface area contributed by atoms with Gasteiger partial charge in [0, 0.05) is 29.2 Å². The second-order valence-electron chi connectivity index (χ2n) is 7.35. The number of hydrogen-bond acceptors (Lipinski definition) is 2. The summed E-state index contributed by atoms with van der Waals surface area (Å²) in [6.07, 6.45) is 0.555. The fraction of sp³-hybridized carbons (Fsp3) is 0.364. The smallest absolute Gasteiger partial charge is 0.224 e. The zero-order chi connectivity index (χ0) is 20.0. The molecule has 0 saturated heterocycles. The maximum Gasteiger partial charge on any atom is 0.224 e. The fourth-order valence-electron chi connectivity index (χ4n) is 2.75. The predicted molar refractivity (Wildman–Crippen MR) is 112 cm³/mol. The molecule has 2 amide bonds. The van der Waals surface area contributed by atoms with Crippen molar-refractivity contribution in [3.05, 3.63) is 58.6 Å². The summed E-state index contributed by atoms with van der Waals surface area (Å²) >= 11 is 6.07. The van der Waals surface area contributed by atoms with Gasteiger partial charge in [0.05, 0.1) is 0 Å². The van der Waals surface area contributed by atoms with Crippen molar-refractivity contribution in [1.29, 1.82) is 0 Å². The highest BCUT2D eigenvalue weighted by Crippen LogP contribution is 2.21. The first-order valence-corrected chi connectivity index (χ1v) is 9.58. The van der Waals surface area contributed by atoms with Gasteiger partial charge < -0.3 is 10.6 Å². The molecule has 27 heavy (non-hydrogen) atoms. The van der Waals surface area contributed by atoms with Gasteiger partial charge in [-0.15, -0.1) is 0 Å². The van der Waals surface area contributed by atoms with Gasteiger partial charge in [0.15, 0.2) is 0 Å². The molecule has 0 unspecified atom stereocenters. The topological polar surface area (TPSA) is 58.2 Å². The maximum atomic E-state index is 12.2. The first kappa shape index (κ1) is 21.0. The number of nitrogens with one attached hydrogen (secondary N) is 2. The summed E-state index contributed by atoms with van der Waals surface area (Å²) in [5.41, 5.74) is 3.63. The molecule has 0 aliphatic rings. The molecule has 4 nitrogen and oxygen atoms in total. The van der Waals surface area contributed by atoms with E-state index in [1.54, 1.807) is 6.07 Å². The van der Waals surface area contributed by atoms with Crippen LogP contribution in [0.4, 0.5) is 11.4 Å². The van der Waals surface area contributed by atoms with Gasteiger partial charge in [-0.05, 0) is 54.2 Å². The number of anilines is 2. The Morgan fingerprint density at radius 1 is 0.889 bits per heavy atom. The Hall–Kier alpha value is -2.33. The third-order valence-corrected chi connectivity index (χ3v) is 4.79. The average molecular weight is 387 g/mol. The third-order valence-electron chi connectivity index (χ3n) is 4.38. The third kappa shape index (κ3) is 6.72. The lowest BCUT2D eigenvalue weighted by Gasteiger charge is -2.13. The molecular weight excluding hydrogens is 360 g/mol. The first-order chi connectivity index (χ1) is 12.7. The number of carbonyl (C=O) groups excluding carboxylic acids is 2. The number of rotatable bonds is 7. The van der Waals surface area contributed by atoms with Crippen LogP contribution in [0.1, 0.15) is 50.7 Å². The number of aryl methyl sites for hydroxylation is 1. The van der Waals surface area contributed by atoms with Crippen LogP contribution in [-0.4, -0.2) is 11.8 Å². The summed E-state index contributed by atoms with van der Waals surface area (Å²) in [7, 11) is 0. The molecular formula is C22H27ClN2O2. The SMILES string of the molecule is Cc1ccc(NC(=O)C[C@@H](C)CC(=O)Nc2ccc(C(C)C)cc2)cc1Cl. The van der Waals surface area contributed by atoms with E-state index in [-0.39, 0.29) is 30.6 Å². The summed E-state index contributed by atoms with van der Waals surface area (Å²) in [6, 6.07) is 13.3. The summed E-state index contributed by atoms with van der Waals surface area (Å²) in [5, 5.41) is 6.33. The normalized spacial score (nSPS) is 11.9. The minimum absolute atomic E-state index is 0.0687. The van der Waals surface area contributed by atoms with E-state index >= 15 is 0 Å². The Labute approximate surface area is 166 Å². The zero-order valence-corrected chi connectivity index (χ0v) is 17.1. The van der Waals surface area contributed by atoms with E-state index in [0.717, 1.165) is 11.3 Å². The highest BCUT2D eigenvalue weighted by atomic mass is 35.5. The van der Waals surface area contributed by atoms with Crippen molar-refractivity contribution in [2.45, 2.75) is 46.5 Å². The summed E-state index contributed by atoms with van der Waals surface area (Å²) in [4.78, 5) is 24.4. The standard InChI is InChI=1S/C22H27ClN2O2/c1-14(2)17-6-9-18(10-7-17)24-21(26)11-15(3)12-22(27)25-19-8-5-16(4)20(23)13-19/h5-10,13-15H,11-12H2,1-4H3,(H,24,26)(H,25,27)/t15-/m0/s1. The number of benzene rings is 2. The molecule has 2 rings (SSSR count). The highest BCUT2D eigenvalue weighted by molar-refractivity contribution is 6.31. The van der Waals surface area contributed by atoms with Gasteiger partial charge in [0.2, 0.25) is 11.8 Å². The molecule has 0 fully saturated rings. The first-order valence-electron chi connectivity index (χ1n) is 9.20. The van der Waals surface area contributed by atoms with Crippen molar-refractivity contribution in [3.8, 4) is 0 Å². The zero-order valence-electron chi connectivity index (χ0n) is 16.3. The number of hydrogen-bond donors (Lipinski definition) is 2. The van der Waals surface area contributed by atoms with Crippen molar-refractivity contribution in [2.24, 2.45) is 5.92 Å². The average Bonchev–Trinajstić information content (AvgIpc) is 2.58. The molecule has 5 heteroatoms. The van der Waals surface area contributed by atoms with Crippen molar-refractivity contribution in [3.63, 3.8) is 0 Å². The minimum Gasteiger partial charge on any atom is -0.326 e. The van der Waals surface area contributed by atoms with Gasteiger partial charge in [-0.25, -0.2) is 0 Å². The lowest BCUT2D eigenvalue weighted by atomic mass is 10.0. The monoisotopic (exact) mass is 386 g/mol. The van der Waals surface area contributed by atoms with Gasteiger partial charge in [0.1, 0.15) is 0 Å². The predicted octanol–water partition coefficient (Wildman–Crippen LogP) is 5.77. The molecule has 144 valence electrons. The van der Waals surface area contributed by atoms with Gasteiger partial charge in [-0.3, -0.25) is 9.59 Å². The quantitative estimate of drug-likeness (QED) is 0.635. The van der Waals surface area contributed by atoms with Crippen molar-refractivity contribution >= 4 is 34.8 Å². The molecule has 0 heterocycles. The minimum atomic E-state index is -0.128. The Morgan fingerprint density at radius 3 is 1.93 bits per heavy atom. The van der Waals surface area contributed by atoms with Crippen LogP contribution in [0.3, 0.4) is 0 Å². The van der Waals surface area contributed by atoms with Crippen LogP contribution in [0, 0.1) is 12.8 Å². The Bertz CT molecular complexity index is 800. The van der Waals surface area contributed by atoms with Gasteiger partial charge >= 0.3 is 0 Å². The lowest BCUT2D eigenvalue weighted by molar-refractivity contribution is -0.118. The largest absolute Gasteiger partial charge is 0.326 e. The van der Waals surface area contributed by atoms with Crippen LogP contribution >= 0.6 is 11.6 Å². The molecule has 2 N–H and O–H groups in total. The number of carbonyl (C=O) groups is 2. The van der Waals surface area contributed by atoms with Gasteiger partial charge in [-0.1, -0.05) is 50.6 Å². The van der Waals surface area contributed by atoms with Crippen LogP contribution in [0.15, 0.2) is 42.5 Å². The molecule has 2 aromatic carbocycles. The second-order valence-corrected chi connectivity index (χ2v) is 7.76. The van der Waals surface area contributed by atoms with Crippen LogP contribution < -0.4 is 10.6 Å². The number of amides is 2. The fourth-order valence-corrected chi connectivity index (χ4v) is 2.93. The molecule has 0 spiro atoms. The Morgan fingerprint density at radius 2 is 1.41 bits per heavy atom. The lowest BCUT2D eigenvalue weighted by Crippen LogP contribution is -2.20. The summed E-state index contributed by atoms with van der Waals surface area (Å²) in [6.45, 7) is 8.06. The van der Waals surface area contributed by atoms with E-state index in [2.05, 4.69) is 24.5 Å².